The van der Waals surface area contributed by atoms with Crippen molar-refractivity contribution in [1.82, 2.24) is 9.73 Å². The summed E-state index contributed by atoms with van der Waals surface area (Å²) in [6.07, 6.45) is 2.42. The van der Waals surface area contributed by atoms with Gasteiger partial charge < -0.3 is 0 Å². The van der Waals surface area contributed by atoms with Crippen LogP contribution >= 0.6 is 0 Å². The number of nitrogens with zero attached hydrogens (tertiary/aromatic N) is 1. The zero-order chi connectivity index (χ0) is 22.9. The average molecular weight is 463 g/mol. The Morgan fingerprint density at radius 2 is 1.48 bits per heavy atom. The Morgan fingerprint density at radius 1 is 0.935 bits per heavy atom. The molecule has 0 saturated carbocycles. The minimum atomic E-state index is -3.77. The Bertz CT molecular complexity index is 1080. The summed E-state index contributed by atoms with van der Waals surface area (Å²) in [5, 5.41) is 0. The van der Waals surface area contributed by atoms with E-state index in [0.717, 1.165) is 31.4 Å². The van der Waals surface area contributed by atoms with E-state index >= 15 is 0 Å². The quantitative estimate of drug-likeness (QED) is 0.307. The fraction of sp³-hybridized carbons (Fsp3) is 0.316. The number of hydrogen-bond acceptors (Lipinski definition) is 4. The zero-order valence-corrected chi connectivity index (χ0v) is 17.0. The van der Waals surface area contributed by atoms with Gasteiger partial charge in [0.05, 0.1) is 4.90 Å². The van der Waals surface area contributed by atoms with Crippen LogP contribution in [-0.2, 0) is 10.0 Å². The van der Waals surface area contributed by atoms with Gasteiger partial charge in [0.2, 0.25) is 15.8 Å². The van der Waals surface area contributed by atoms with E-state index in [9.17, 15) is 35.2 Å². The lowest BCUT2D eigenvalue weighted by atomic mass is 10.1. The number of halogens is 5. The first-order valence-electron chi connectivity index (χ1n) is 9.25. The number of amides is 1. The second kappa shape index (κ2) is 8.79. The van der Waals surface area contributed by atoms with Crippen LogP contribution in [0.15, 0.2) is 29.2 Å². The molecule has 168 valence electrons. The van der Waals surface area contributed by atoms with Gasteiger partial charge in [0.25, 0.3) is 5.91 Å². The van der Waals surface area contributed by atoms with Gasteiger partial charge in [-0.1, -0.05) is 6.42 Å². The molecule has 3 rings (SSSR count). The van der Waals surface area contributed by atoms with Gasteiger partial charge in [-0.15, -0.1) is 0 Å². The van der Waals surface area contributed by atoms with Gasteiger partial charge in [0, 0.05) is 18.2 Å². The van der Waals surface area contributed by atoms with Crippen LogP contribution in [0.3, 0.4) is 0 Å². The first-order valence-corrected chi connectivity index (χ1v) is 10.7. The fourth-order valence-corrected chi connectivity index (χ4v) is 4.95. The third kappa shape index (κ3) is 4.35. The van der Waals surface area contributed by atoms with Crippen molar-refractivity contribution in [3.05, 3.63) is 58.9 Å². The monoisotopic (exact) mass is 463 g/mol. The average Bonchev–Trinajstić information content (AvgIpc) is 2.76. The van der Waals surface area contributed by atoms with E-state index in [-0.39, 0.29) is 16.5 Å². The Labute approximate surface area is 175 Å². The molecule has 1 aliphatic heterocycles. The molecule has 1 unspecified atom stereocenters. The number of sulfonamides is 1. The standard InChI is InChI=1S/C19H18F5N3O3S/c1-10-4-2-3-9-27(10)31(29,30)12-7-5-11(6-8-12)19(28)26-25-18-16(23)14(21)13(20)15(22)17(18)24/h5-8,10,25H,2-4,9H2,1H3,(H,26,28). The Balaban J connectivity index is 1.75. The summed E-state index contributed by atoms with van der Waals surface area (Å²) in [4.78, 5) is 12.1. The lowest BCUT2D eigenvalue weighted by molar-refractivity contribution is 0.0962. The van der Waals surface area contributed by atoms with Crippen LogP contribution < -0.4 is 10.9 Å². The molecule has 6 nitrogen and oxygen atoms in total. The van der Waals surface area contributed by atoms with E-state index in [2.05, 4.69) is 0 Å². The maximum absolute atomic E-state index is 13.6. The molecular formula is C19H18F5N3O3S. The number of nitrogens with one attached hydrogen (secondary N) is 2. The number of hydrogen-bond donors (Lipinski definition) is 2. The largest absolute Gasteiger partial charge is 0.293 e. The highest BCUT2D eigenvalue weighted by atomic mass is 32.2. The van der Waals surface area contributed by atoms with Crippen LogP contribution in [0.1, 0.15) is 36.5 Å². The summed E-state index contributed by atoms with van der Waals surface area (Å²) in [7, 11) is -3.77. The van der Waals surface area contributed by atoms with Gasteiger partial charge in [0.15, 0.2) is 23.3 Å². The van der Waals surface area contributed by atoms with Gasteiger partial charge in [-0.05, 0) is 44.0 Å². The minimum absolute atomic E-state index is 0.0366. The van der Waals surface area contributed by atoms with E-state index in [1.807, 2.05) is 12.3 Å². The Hall–Kier alpha value is -2.73. The van der Waals surface area contributed by atoms with Crippen molar-refractivity contribution in [2.24, 2.45) is 0 Å². The SMILES string of the molecule is CC1CCCCN1S(=O)(=O)c1ccc(C(=O)NNc2c(F)c(F)c(F)c(F)c2F)cc1. The number of benzene rings is 2. The Morgan fingerprint density at radius 3 is 2.03 bits per heavy atom. The van der Waals surface area contributed by atoms with Crippen LogP contribution in [-0.4, -0.2) is 31.2 Å². The van der Waals surface area contributed by atoms with Crippen LogP contribution in [0.25, 0.3) is 0 Å². The topological polar surface area (TPSA) is 78.5 Å². The molecule has 1 atom stereocenters. The zero-order valence-electron chi connectivity index (χ0n) is 16.2. The molecule has 1 fully saturated rings. The van der Waals surface area contributed by atoms with Crippen molar-refractivity contribution >= 4 is 21.6 Å². The molecule has 1 aliphatic rings. The first kappa shape index (κ1) is 22.9. The molecular weight excluding hydrogens is 445 g/mol. The normalized spacial score (nSPS) is 17.4. The molecule has 0 aromatic heterocycles. The number of hydrazine groups is 1. The molecule has 2 N–H and O–H groups in total. The van der Waals surface area contributed by atoms with Crippen LogP contribution in [0, 0.1) is 29.1 Å². The number of carbonyl (C=O) groups is 1. The molecule has 31 heavy (non-hydrogen) atoms. The summed E-state index contributed by atoms with van der Waals surface area (Å²) in [6, 6.07) is 4.56. The second-order valence-electron chi connectivity index (χ2n) is 7.01. The van der Waals surface area contributed by atoms with Gasteiger partial charge in [-0.25, -0.2) is 30.4 Å². The van der Waals surface area contributed by atoms with Crippen molar-refractivity contribution in [2.75, 3.05) is 12.0 Å². The molecule has 2 aromatic carbocycles. The van der Waals surface area contributed by atoms with Gasteiger partial charge in [-0.2, -0.15) is 4.31 Å². The molecule has 0 spiro atoms. The lowest BCUT2D eigenvalue weighted by Crippen LogP contribution is -2.41. The van der Waals surface area contributed by atoms with Crippen LogP contribution in [0.5, 0.6) is 0 Å². The fourth-order valence-electron chi connectivity index (χ4n) is 3.25. The third-order valence-electron chi connectivity index (χ3n) is 4.98. The van der Waals surface area contributed by atoms with Crippen molar-refractivity contribution in [3.63, 3.8) is 0 Å². The maximum Gasteiger partial charge on any atom is 0.269 e. The van der Waals surface area contributed by atoms with E-state index < -0.39 is 50.7 Å². The minimum Gasteiger partial charge on any atom is -0.293 e. The Kier molecular flexibility index (Phi) is 6.51. The van der Waals surface area contributed by atoms with E-state index in [4.69, 9.17) is 0 Å². The first-order chi connectivity index (χ1) is 14.6. The van der Waals surface area contributed by atoms with Crippen molar-refractivity contribution in [2.45, 2.75) is 37.1 Å². The highest BCUT2D eigenvalue weighted by Crippen LogP contribution is 2.27. The molecule has 1 heterocycles. The predicted molar refractivity (Wildman–Crippen MR) is 101 cm³/mol. The van der Waals surface area contributed by atoms with Crippen molar-refractivity contribution in [3.8, 4) is 0 Å². The molecule has 2 aromatic rings. The second-order valence-corrected chi connectivity index (χ2v) is 8.90. The summed E-state index contributed by atoms with van der Waals surface area (Å²) >= 11 is 0. The number of anilines is 1. The molecule has 0 radical (unpaired) electrons. The highest BCUT2D eigenvalue weighted by Gasteiger charge is 2.31. The third-order valence-corrected chi connectivity index (χ3v) is 7.00. The summed E-state index contributed by atoms with van der Waals surface area (Å²) < 4.78 is 93.7. The van der Waals surface area contributed by atoms with Gasteiger partial charge >= 0.3 is 0 Å². The molecule has 12 heteroatoms. The van der Waals surface area contributed by atoms with Gasteiger partial charge in [0.1, 0.15) is 5.69 Å². The van der Waals surface area contributed by atoms with Crippen LogP contribution in [0.2, 0.25) is 0 Å². The number of carbonyl (C=O) groups excluding carboxylic acids is 1. The van der Waals surface area contributed by atoms with Gasteiger partial charge in [-0.3, -0.25) is 15.6 Å². The van der Waals surface area contributed by atoms with E-state index in [1.165, 1.54) is 16.4 Å². The van der Waals surface area contributed by atoms with E-state index in [1.54, 1.807) is 5.43 Å². The van der Waals surface area contributed by atoms with Crippen LogP contribution in [0.4, 0.5) is 27.6 Å². The number of rotatable bonds is 5. The van der Waals surface area contributed by atoms with E-state index in [0.29, 0.717) is 6.54 Å². The highest BCUT2D eigenvalue weighted by molar-refractivity contribution is 7.89. The molecule has 1 amide bonds. The molecule has 1 saturated heterocycles. The summed E-state index contributed by atoms with van der Waals surface area (Å²) in [5.41, 5.74) is 1.95. The maximum atomic E-state index is 13.6. The molecule has 0 aliphatic carbocycles. The lowest BCUT2D eigenvalue weighted by Gasteiger charge is -2.32. The summed E-state index contributed by atoms with van der Waals surface area (Å²) in [5.74, 6) is -11.9. The molecule has 0 bridgehead atoms. The smallest absolute Gasteiger partial charge is 0.269 e. The van der Waals surface area contributed by atoms with Crippen molar-refractivity contribution < 1.29 is 35.2 Å². The summed E-state index contributed by atoms with van der Waals surface area (Å²) in [6.45, 7) is 2.20. The van der Waals surface area contributed by atoms with Crippen molar-refractivity contribution in [1.29, 1.82) is 0 Å². The number of piperidine rings is 1. The predicted octanol–water partition coefficient (Wildman–Crippen LogP) is 3.70.